The molecule has 0 spiro atoms. The van der Waals surface area contributed by atoms with Crippen molar-refractivity contribution in [2.24, 2.45) is 0 Å². The number of aromatic nitrogens is 2. The van der Waals surface area contributed by atoms with Crippen molar-refractivity contribution in [2.45, 2.75) is 18.5 Å². The Hall–Kier alpha value is -2.62. The van der Waals surface area contributed by atoms with E-state index in [-0.39, 0.29) is 18.0 Å². The molecule has 0 radical (unpaired) electrons. The second-order valence-electron chi connectivity index (χ2n) is 5.69. The Bertz CT molecular complexity index is 896. The maximum absolute atomic E-state index is 12.4. The van der Waals surface area contributed by atoms with Crippen LogP contribution >= 0.6 is 0 Å². The van der Waals surface area contributed by atoms with Gasteiger partial charge in [-0.15, -0.1) is 0 Å². The zero-order valence-corrected chi connectivity index (χ0v) is 11.3. The lowest BCUT2D eigenvalue weighted by Crippen LogP contribution is -2.27. The van der Waals surface area contributed by atoms with Crippen LogP contribution in [0.5, 0.6) is 0 Å². The molecule has 2 aliphatic rings. The summed E-state index contributed by atoms with van der Waals surface area (Å²) < 4.78 is 2.29. The normalized spacial score (nSPS) is 22.6. The minimum Gasteiger partial charge on any atom is -0.342 e. The Labute approximate surface area is 121 Å². The summed E-state index contributed by atoms with van der Waals surface area (Å²) >= 11 is 0. The fourth-order valence-electron chi connectivity index (χ4n) is 3.69. The smallest absolute Gasteiger partial charge is 0.252 e. The summed E-state index contributed by atoms with van der Waals surface area (Å²) in [5, 5.41) is 3.12. The molecule has 3 aromatic rings. The van der Waals surface area contributed by atoms with Crippen molar-refractivity contribution in [1.29, 1.82) is 0 Å². The van der Waals surface area contributed by atoms with Crippen molar-refractivity contribution in [3.8, 4) is 0 Å². The van der Waals surface area contributed by atoms with Crippen LogP contribution in [0.2, 0.25) is 0 Å². The van der Waals surface area contributed by atoms with E-state index in [0.717, 1.165) is 34.4 Å². The highest BCUT2D eigenvalue weighted by molar-refractivity contribution is 5.97. The van der Waals surface area contributed by atoms with Gasteiger partial charge in [0.1, 0.15) is 5.82 Å². The number of para-hydroxylation sites is 2. The quantitative estimate of drug-likeness (QED) is 0.685. The number of fused-ring (bicyclic) bond motifs is 9. The molecule has 0 saturated carbocycles. The molecule has 3 heterocycles. The molecule has 0 aliphatic carbocycles. The van der Waals surface area contributed by atoms with Crippen LogP contribution in [0.3, 0.4) is 0 Å². The zero-order valence-electron chi connectivity index (χ0n) is 11.3. The summed E-state index contributed by atoms with van der Waals surface area (Å²) in [5.74, 6) is 0.987. The number of benzene rings is 2. The molecular weight excluding hydrogens is 262 g/mol. The van der Waals surface area contributed by atoms with Crippen LogP contribution in [0.25, 0.3) is 11.0 Å². The molecule has 2 unspecified atom stereocenters. The van der Waals surface area contributed by atoms with Gasteiger partial charge < -0.3 is 9.88 Å². The maximum atomic E-state index is 12.4. The van der Waals surface area contributed by atoms with Crippen LogP contribution < -0.4 is 5.32 Å². The third-order valence-electron chi connectivity index (χ3n) is 4.58. The Morgan fingerprint density at radius 1 is 1.10 bits per heavy atom. The molecule has 4 heteroatoms. The number of nitrogens with one attached hydrogen (secondary N) is 1. The first-order valence-electron chi connectivity index (χ1n) is 7.19. The summed E-state index contributed by atoms with van der Waals surface area (Å²) in [6.45, 7) is 0. The molecule has 2 aromatic carbocycles. The molecular formula is C17H13N3O. The Morgan fingerprint density at radius 2 is 1.90 bits per heavy atom. The summed E-state index contributed by atoms with van der Waals surface area (Å²) in [5.41, 5.74) is 4.02. The fourth-order valence-corrected chi connectivity index (χ4v) is 3.69. The Morgan fingerprint density at radius 3 is 2.86 bits per heavy atom. The lowest BCUT2D eigenvalue weighted by Gasteiger charge is -2.17. The summed E-state index contributed by atoms with van der Waals surface area (Å²) in [7, 11) is 0. The highest BCUT2D eigenvalue weighted by Crippen LogP contribution is 2.43. The molecule has 1 amide bonds. The molecule has 21 heavy (non-hydrogen) atoms. The van der Waals surface area contributed by atoms with Crippen molar-refractivity contribution in [1.82, 2.24) is 14.9 Å². The number of carbonyl (C=O) groups excluding carboxylic acids is 1. The molecule has 2 bridgehead atoms. The highest BCUT2D eigenvalue weighted by atomic mass is 16.1. The van der Waals surface area contributed by atoms with Crippen LogP contribution in [0.1, 0.15) is 40.3 Å². The van der Waals surface area contributed by atoms with Gasteiger partial charge in [-0.05, 0) is 30.2 Å². The van der Waals surface area contributed by atoms with Crippen molar-refractivity contribution < 1.29 is 4.79 Å². The molecule has 0 fully saturated rings. The van der Waals surface area contributed by atoms with Gasteiger partial charge in [0.2, 0.25) is 0 Å². The van der Waals surface area contributed by atoms with Gasteiger partial charge in [-0.1, -0.05) is 30.3 Å². The van der Waals surface area contributed by atoms with Gasteiger partial charge in [0.25, 0.3) is 5.91 Å². The first-order valence-corrected chi connectivity index (χ1v) is 7.19. The van der Waals surface area contributed by atoms with Crippen LogP contribution in [-0.2, 0) is 0 Å². The van der Waals surface area contributed by atoms with Gasteiger partial charge >= 0.3 is 0 Å². The maximum Gasteiger partial charge on any atom is 0.252 e. The first kappa shape index (κ1) is 11.1. The number of hydrogen-bond donors (Lipinski definition) is 1. The third kappa shape index (κ3) is 1.34. The number of nitrogens with zero attached hydrogens (tertiary/aromatic N) is 2. The van der Waals surface area contributed by atoms with Gasteiger partial charge in [-0.3, -0.25) is 4.79 Å². The SMILES string of the molecule is O=C1NC2CC(c3ccccc31)n1c2nc2ccccc21. The van der Waals surface area contributed by atoms with Crippen molar-refractivity contribution >= 4 is 16.9 Å². The zero-order chi connectivity index (χ0) is 14.0. The van der Waals surface area contributed by atoms with E-state index in [1.165, 1.54) is 0 Å². The van der Waals surface area contributed by atoms with E-state index >= 15 is 0 Å². The molecule has 2 atom stereocenters. The van der Waals surface area contributed by atoms with Gasteiger partial charge in [-0.2, -0.15) is 0 Å². The predicted octanol–water partition coefficient (Wildman–Crippen LogP) is 2.81. The Balaban J connectivity index is 1.85. The van der Waals surface area contributed by atoms with E-state index < -0.39 is 0 Å². The lowest BCUT2D eigenvalue weighted by molar-refractivity contribution is 0.0939. The van der Waals surface area contributed by atoms with E-state index in [1.807, 2.05) is 36.4 Å². The fraction of sp³-hybridized carbons (Fsp3) is 0.176. The van der Waals surface area contributed by atoms with E-state index in [2.05, 4.69) is 22.0 Å². The minimum absolute atomic E-state index is 0.00213. The molecule has 1 aromatic heterocycles. The standard InChI is InChI=1S/C17H13N3O/c21-17-11-6-2-1-5-10(11)15-9-13(19-17)16-18-12-7-3-4-8-14(12)20(15)16/h1-8,13,15H,9H2,(H,19,21). The van der Waals surface area contributed by atoms with Crippen molar-refractivity contribution in [2.75, 3.05) is 0 Å². The molecule has 4 nitrogen and oxygen atoms in total. The summed E-state index contributed by atoms with van der Waals surface area (Å²) in [6.07, 6.45) is 0.885. The second-order valence-corrected chi connectivity index (χ2v) is 5.69. The first-order chi connectivity index (χ1) is 10.3. The average molecular weight is 275 g/mol. The third-order valence-corrected chi connectivity index (χ3v) is 4.58. The predicted molar refractivity (Wildman–Crippen MR) is 79.1 cm³/mol. The minimum atomic E-state index is 0.00213. The molecule has 102 valence electrons. The highest BCUT2D eigenvalue weighted by Gasteiger charge is 2.40. The van der Waals surface area contributed by atoms with Gasteiger partial charge in [-0.25, -0.2) is 4.98 Å². The van der Waals surface area contributed by atoms with Gasteiger partial charge in [0, 0.05) is 5.56 Å². The summed E-state index contributed by atoms with van der Waals surface area (Å²) in [4.78, 5) is 17.1. The number of imidazole rings is 1. The van der Waals surface area contributed by atoms with E-state index in [1.54, 1.807) is 0 Å². The van der Waals surface area contributed by atoms with Crippen LogP contribution in [-0.4, -0.2) is 15.5 Å². The van der Waals surface area contributed by atoms with Crippen LogP contribution in [0.4, 0.5) is 0 Å². The molecule has 1 N–H and O–H groups in total. The van der Waals surface area contributed by atoms with Crippen LogP contribution in [0, 0.1) is 0 Å². The second kappa shape index (κ2) is 3.73. The monoisotopic (exact) mass is 275 g/mol. The molecule has 2 aliphatic heterocycles. The van der Waals surface area contributed by atoms with Crippen molar-refractivity contribution in [3.63, 3.8) is 0 Å². The number of rotatable bonds is 0. The van der Waals surface area contributed by atoms with Crippen molar-refractivity contribution in [3.05, 3.63) is 65.5 Å². The van der Waals surface area contributed by atoms with E-state index in [9.17, 15) is 4.79 Å². The number of amides is 1. The summed E-state index contributed by atoms with van der Waals surface area (Å²) in [6, 6.07) is 16.3. The van der Waals surface area contributed by atoms with Gasteiger partial charge in [0.15, 0.2) is 0 Å². The number of carbonyl (C=O) groups is 1. The molecule has 5 rings (SSSR count). The Kier molecular flexibility index (Phi) is 1.97. The largest absolute Gasteiger partial charge is 0.342 e. The van der Waals surface area contributed by atoms with E-state index in [0.29, 0.717) is 0 Å². The molecule has 0 saturated heterocycles. The lowest BCUT2D eigenvalue weighted by atomic mass is 9.99. The van der Waals surface area contributed by atoms with Gasteiger partial charge in [0.05, 0.1) is 23.1 Å². The number of hydrogen-bond acceptors (Lipinski definition) is 2. The average Bonchev–Trinajstić information content (AvgIpc) is 3.00. The van der Waals surface area contributed by atoms with Crippen LogP contribution in [0.15, 0.2) is 48.5 Å². The van der Waals surface area contributed by atoms with E-state index in [4.69, 9.17) is 4.98 Å². The topological polar surface area (TPSA) is 46.9 Å².